The van der Waals surface area contributed by atoms with E-state index in [1.54, 1.807) is 31.2 Å². The molecular formula is C19H12ClF2NO4. The number of cyclic esters (lactones) is 1. The zero-order valence-corrected chi connectivity index (χ0v) is 14.7. The van der Waals surface area contributed by atoms with Crippen molar-refractivity contribution in [3.8, 4) is 5.75 Å². The second-order valence-electron chi connectivity index (χ2n) is 5.48. The van der Waals surface area contributed by atoms with Gasteiger partial charge in [0, 0.05) is 6.42 Å². The standard InChI is InChI=1S/C19H12ClF2NO4/c1-2-17(24)26-11-5-3-10(4-6-11)7-16-19(25)27-18(23-16)12-8-14(21)15(22)9-13(12)20/h3-9H,2H2,1H3. The molecule has 1 aliphatic rings. The second-order valence-corrected chi connectivity index (χ2v) is 5.89. The summed E-state index contributed by atoms with van der Waals surface area (Å²) in [4.78, 5) is 27.2. The van der Waals surface area contributed by atoms with Gasteiger partial charge >= 0.3 is 11.9 Å². The molecule has 0 saturated heterocycles. The Bertz CT molecular complexity index is 984. The average molecular weight is 392 g/mol. The van der Waals surface area contributed by atoms with E-state index in [2.05, 4.69) is 4.99 Å². The fourth-order valence-electron chi connectivity index (χ4n) is 2.20. The maximum atomic E-state index is 13.4. The number of hydrogen-bond acceptors (Lipinski definition) is 5. The summed E-state index contributed by atoms with van der Waals surface area (Å²) in [6.45, 7) is 1.68. The van der Waals surface area contributed by atoms with Gasteiger partial charge < -0.3 is 9.47 Å². The maximum Gasteiger partial charge on any atom is 0.363 e. The molecule has 0 aliphatic carbocycles. The van der Waals surface area contributed by atoms with E-state index in [1.807, 2.05) is 0 Å². The van der Waals surface area contributed by atoms with Crippen molar-refractivity contribution in [3.63, 3.8) is 0 Å². The van der Waals surface area contributed by atoms with E-state index in [9.17, 15) is 18.4 Å². The Morgan fingerprint density at radius 2 is 1.89 bits per heavy atom. The summed E-state index contributed by atoms with van der Waals surface area (Å²) in [7, 11) is 0. The quantitative estimate of drug-likeness (QED) is 0.338. The Kier molecular flexibility index (Phi) is 5.32. The molecule has 0 radical (unpaired) electrons. The van der Waals surface area contributed by atoms with Crippen molar-refractivity contribution in [3.05, 3.63) is 69.9 Å². The number of halogens is 3. The van der Waals surface area contributed by atoms with Gasteiger partial charge in [0.1, 0.15) is 5.75 Å². The predicted octanol–water partition coefficient (Wildman–Crippen LogP) is 4.28. The highest BCUT2D eigenvalue weighted by atomic mass is 35.5. The van der Waals surface area contributed by atoms with Crippen molar-refractivity contribution < 1.29 is 27.8 Å². The molecule has 0 unspecified atom stereocenters. The SMILES string of the molecule is CCC(=O)Oc1ccc(C=C2N=C(c3cc(F)c(F)cc3Cl)OC2=O)cc1. The van der Waals surface area contributed by atoms with E-state index in [4.69, 9.17) is 21.1 Å². The van der Waals surface area contributed by atoms with Gasteiger partial charge in [-0.3, -0.25) is 4.79 Å². The van der Waals surface area contributed by atoms with Crippen LogP contribution in [0, 0.1) is 11.6 Å². The summed E-state index contributed by atoms with van der Waals surface area (Å²) < 4.78 is 36.7. The van der Waals surface area contributed by atoms with Crippen LogP contribution in [0.25, 0.3) is 6.08 Å². The lowest BCUT2D eigenvalue weighted by molar-refractivity contribution is -0.134. The molecule has 0 spiro atoms. The monoisotopic (exact) mass is 391 g/mol. The first-order valence-electron chi connectivity index (χ1n) is 7.85. The van der Waals surface area contributed by atoms with Crippen LogP contribution in [-0.4, -0.2) is 17.8 Å². The Hall–Kier alpha value is -3.06. The first-order valence-corrected chi connectivity index (χ1v) is 8.23. The molecule has 0 aromatic heterocycles. The summed E-state index contributed by atoms with van der Waals surface area (Å²) in [6, 6.07) is 7.96. The molecule has 27 heavy (non-hydrogen) atoms. The van der Waals surface area contributed by atoms with Crippen molar-refractivity contribution in [1.82, 2.24) is 0 Å². The lowest BCUT2D eigenvalue weighted by atomic mass is 10.2. The van der Waals surface area contributed by atoms with E-state index >= 15 is 0 Å². The van der Waals surface area contributed by atoms with Crippen LogP contribution in [0.3, 0.4) is 0 Å². The zero-order chi connectivity index (χ0) is 19.6. The minimum absolute atomic E-state index is 0.0332. The number of nitrogens with zero attached hydrogens (tertiary/aromatic N) is 1. The number of aliphatic imine (C=N–C) groups is 1. The van der Waals surface area contributed by atoms with E-state index in [0.717, 1.165) is 12.1 Å². The van der Waals surface area contributed by atoms with Crippen molar-refractivity contribution in [2.45, 2.75) is 13.3 Å². The highest BCUT2D eigenvalue weighted by Crippen LogP contribution is 2.26. The molecular weight excluding hydrogens is 380 g/mol. The van der Waals surface area contributed by atoms with E-state index < -0.39 is 17.6 Å². The molecule has 2 aromatic rings. The van der Waals surface area contributed by atoms with Gasteiger partial charge in [-0.25, -0.2) is 18.6 Å². The second kappa shape index (κ2) is 7.67. The molecule has 0 saturated carbocycles. The van der Waals surface area contributed by atoms with E-state index in [-0.39, 0.29) is 34.6 Å². The number of rotatable bonds is 4. The number of carbonyl (C=O) groups is 2. The van der Waals surface area contributed by atoms with Crippen molar-refractivity contribution in [2.24, 2.45) is 4.99 Å². The van der Waals surface area contributed by atoms with Gasteiger partial charge in [0.25, 0.3) is 0 Å². The minimum Gasteiger partial charge on any atom is -0.427 e. The molecule has 0 bridgehead atoms. The van der Waals surface area contributed by atoms with E-state index in [1.165, 1.54) is 6.08 Å². The van der Waals surface area contributed by atoms with Crippen LogP contribution in [0.4, 0.5) is 8.78 Å². The number of benzene rings is 2. The third kappa shape index (κ3) is 4.20. The van der Waals surface area contributed by atoms with Crippen LogP contribution in [-0.2, 0) is 14.3 Å². The number of esters is 2. The number of carbonyl (C=O) groups excluding carboxylic acids is 2. The van der Waals surface area contributed by atoms with Crippen molar-refractivity contribution >= 4 is 35.5 Å². The topological polar surface area (TPSA) is 65.0 Å². The van der Waals surface area contributed by atoms with Gasteiger partial charge in [0.05, 0.1) is 10.6 Å². The smallest absolute Gasteiger partial charge is 0.363 e. The highest BCUT2D eigenvalue weighted by molar-refractivity contribution is 6.34. The predicted molar refractivity (Wildman–Crippen MR) is 94.3 cm³/mol. The molecule has 5 nitrogen and oxygen atoms in total. The van der Waals surface area contributed by atoms with Crippen LogP contribution in [0.5, 0.6) is 5.75 Å². The van der Waals surface area contributed by atoms with Gasteiger partial charge in [-0.05, 0) is 35.9 Å². The number of ether oxygens (including phenoxy) is 2. The summed E-state index contributed by atoms with van der Waals surface area (Å²) in [5, 5.41) is -0.135. The van der Waals surface area contributed by atoms with Gasteiger partial charge in [-0.15, -0.1) is 0 Å². The molecule has 8 heteroatoms. The molecule has 0 fully saturated rings. The van der Waals surface area contributed by atoms with Gasteiger partial charge in [-0.1, -0.05) is 30.7 Å². The van der Waals surface area contributed by atoms with Crippen LogP contribution < -0.4 is 4.74 Å². The number of hydrogen-bond donors (Lipinski definition) is 0. The van der Waals surface area contributed by atoms with Crippen molar-refractivity contribution in [1.29, 1.82) is 0 Å². The Labute approximate surface area is 157 Å². The summed E-state index contributed by atoms with van der Waals surface area (Å²) in [5.41, 5.74) is 0.526. The van der Waals surface area contributed by atoms with E-state index in [0.29, 0.717) is 11.3 Å². The largest absolute Gasteiger partial charge is 0.427 e. The molecule has 138 valence electrons. The zero-order valence-electron chi connectivity index (χ0n) is 14.0. The first kappa shape index (κ1) is 18.7. The molecule has 1 aliphatic heterocycles. The molecule has 2 aromatic carbocycles. The fraction of sp³-hybridized carbons (Fsp3) is 0.105. The van der Waals surface area contributed by atoms with Crippen LogP contribution in [0.2, 0.25) is 5.02 Å². The molecule has 3 rings (SSSR count). The highest BCUT2D eigenvalue weighted by Gasteiger charge is 2.26. The van der Waals surface area contributed by atoms with Crippen LogP contribution in [0.1, 0.15) is 24.5 Å². The summed E-state index contributed by atoms with van der Waals surface area (Å²) in [5.74, 6) is -3.22. The normalized spacial score (nSPS) is 14.9. The maximum absolute atomic E-state index is 13.4. The fourth-order valence-corrected chi connectivity index (χ4v) is 2.44. The van der Waals surface area contributed by atoms with Gasteiger partial charge in [0.2, 0.25) is 5.90 Å². The Balaban J connectivity index is 1.86. The Morgan fingerprint density at radius 1 is 1.22 bits per heavy atom. The lowest BCUT2D eigenvalue weighted by Crippen LogP contribution is -2.07. The van der Waals surface area contributed by atoms with Gasteiger partial charge in [0.15, 0.2) is 17.3 Å². The van der Waals surface area contributed by atoms with Gasteiger partial charge in [-0.2, -0.15) is 0 Å². The summed E-state index contributed by atoms with van der Waals surface area (Å²) in [6.07, 6.45) is 1.69. The van der Waals surface area contributed by atoms with Crippen molar-refractivity contribution in [2.75, 3.05) is 0 Å². The molecule has 0 N–H and O–H groups in total. The minimum atomic E-state index is -1.14. The summed E-state index contributed by atoms with van der Waals surface area (Å²) >= 11 is 5.87. The lowest BCUT2D eigenvalue weighted by Gasteiger charge is -2.03. The Morgan fingerprint density at radius 3 is 2.56 bits per heavy atom. The molecule has 0 amide bonds. The molecule has 1 heterocycles. The third-order valence-corrected chi connectivity index (χ3v) is 3.88. The third-order valence-electron chi connectivity index (χ3n) is 3.56. The van der Waals surface area contributed by atoms with Crippen LogP contribution >= 0.6 is 11.6 Å². The van der Waals surface area contributed by atoms with Crippen LogP contribution in [0.15, 0.2) is 47.1 Å². The first-order chi connectivity index (χ1) is 12.9. The average Bonchev–Trinajstić information content (AvgIpc) is 3.00. The molecule has 0 atom stereocenters.